The molecule has 24 heavy (non-hydrogen) atoms. The summed E-state index contributed by atoms with van der Waals surface area (Å²) < 4.78 is 14.3. The first-order valence-corrected chi connectivity index (χ1v) is 7.84. The lowest BCUT2D eigenvalue weighted by Gasteiger charge is -2.38. The normalized spacial score (nSPS) is 24.1. The number of β-amino-alcohol motifs (C(OH)–C–C–N with tert-alkyl or cyclic N) is 1. The average Bonchev–Trinajstić information content (AvgIpc) is 2.80. The zero-order valence-corrected chi connectivity index (χ0v) is 12.8. The second-order valence-electron chi connectivity index (χ2n) is 6.42. The second-order valence-corrected chi connectivity index (χ2v) is 6.42. The average molecular weight is 333 g/mol. The van der Waals surface area contributed by atoms with E-state index in [9.17, 15) is 23.9 Å². The quantitative estimate of drug-likeness (QED) is 0.730. The summed E-state index contributed by atoms with van der Waals surface area (Å²) in [6.07, 6.45) is -0.000826. The summed E-state index contributed by atoms with van der Waals surface area (Å²) in [7, 11) is 0. The number of piperidine rings is 1. The Kier molecular flexibility index (Phi) is 3.31. The molecular weight excluding hydrogens is 317 g/mol. The summed E-state index contributed by atoms with van der Waals surface area (Å²) in [5, 5.41) is 11.6. The van der Waals surface area contributed by atoms with Gasteiger partial charge in [0.2, 0.25) is 11.8 Å². The molecule has 0 radical (unpaired) electrons. The van der Waals surface area contributed by atoms with E-state index in [2.05, 4.69) is 5.32 Å². The Labute approximate surface area is 137 Å². The number of imide groups is 1. The highest BCUT2D eigenvalue weighted by molar-refractivity contribution is 6.05. The van der Waals surface area contributed by atoms with Crippen molar-refractivity contribution in [3.05, 3.63) is 29.1 Å². The number of aliphatic hydroxyl groups excluding tert-OH is 1. The van der Waals surface area contributed by atoms with Crippen LogP contribution in [0, 0.1) is 5.82 Å². The molecule has 3 heterocycles. The Morgan fingerprint density at radius 1 is 1.21 bits per heavy atom. The molecule has 1 aromatic rings. The Morgan fingerprint density at radius 3 is 2.62 bits per heavy atom. The van der Waals surface area contributed by atoms with Gasteiger partial charge in [-0.1, -0.05) is 0 Å². The van der Waals surface area contributed by atoms with Gasteiger partial charge in [-0.15, -0.1) is 0 Å². The molecule has 7 nitrogen and oxygen atoms in total. The molecule has 0 bridgehead atoms. The number of benzene rings is 1. The van der Waals surface area contributed by atoms with E-state index in [1.54, 1.807) is 11.0 Å². The molecule has 0 saturated carbocycles. The maximum atomic E-state index is 14.3. The van der Waals surface area contributed by atoms with E-state index in [0.29, 0.717) is 24.3 Å². The predicted molar refractivity (Wildman–Crippen MR) is 80.7 cm³/mol. The highest BCUT2D eigenvalue weighted by Crippen LogP contribution is 2.33. The number of nitrogens with zero attached hydrogens (tertiary/aromatic N) is 2. The van der Waals surface area contributed by atoms with Crippen LogP contribution in [0.4, 0.5) is 10.1 Å². The zero-order chi connectivity index (χ0) is 17.0. The van der Waals surface area contributed by atoms with Crippen molar-refractivity contribution in [3.63, 3.8) is 0 Å². The molecule has 126 valence electrons. The fourth-order valence-electron chi connectivity index (χ4n) is 3.47. The van der Waals surface area contributed by atoms with Crippen molar-refractivity contribution in [1.29, 1.82) is 0 Å². The maximum absolute atomic E-state index is 14.3. The summed E-state index contributed by atoms with van der Waals surface area (Å²) in [6.45, 7) is 0.936. The van der Waals surface area contributed by atoms with E-state index >= 15 is 0 Å². The Bertz CT molecular complexity index is 760. The lowest BCUT2D eigenvalue weighted by Crippen LogP contribution is -2.52. The van der Waals surface area contributed by atoms with Crippen LogP contribution < -0.4 is 10.2 Å². The number of rotatable bonds is 2. The molecule has 4 rings (SSSR count). The van der Waals surface area contributed by atoms with Gasteiger partial charge in [-0.25, -0.2) is 4.39 Å². The van der Waals surface area contributed by atoms with Gasteiger partial charge >= 0.3 is 0 Å². The molecule has 3 aliphatic rings. The van der Waals surface area contributed by atoms with E-state index in [0.717, 1.165) is 0 Å². The molecule has 2 saturated heterocycles. The lowest BCUT2D eigenvalue weighted by atomic mass is 10.0. The fraction of sp³-hybridized carbons (Fsp3) is 0.438. The highest BCUT2D eigenvalue weighted by Gasteiger charge is 2.40. The molecule has 0 aromatic heterocycles. The van der Waals surface area contributed by atoms with Crippen LogP contribution in [0.1, 0.15) is 28.8 Å². The standard InChI is InChI=1S/C16H16FN3O4/c17-11-4-10-8(3-13(11)19-6-9(21)7-19)5-20(16(10)24)12-1-2-14(22)18-15(12)23/h3-4,9,12,21H,1-2,5-7H2,(H,18,22,23). The van der Waals surface area contributed by atoms with Crippen molar-refractivity contribution >= 4 is 23.4 Å². The van der Waals surface area contributed by atoms with Crippen LogP contribution in [0.2, 0.25) is 0 Å². The van der Waals surface area contributed by atoms with Crippen molar-refractivity contribution in [2.75, 3.05) is 18.0 Å². The fourth-order valence-corrected chi connectivity index (χ4v) is 3.47. The number of carbonyl (C=O) groups excluding carboxylic acids is 3. The minimum atomic E-state index is -0.708. The van der Waals surface area contributed by atoms with Crippen LogP contribution in [-0.2, 0) is 16.1 Å². The van der Waals surface area contributed by atoms with Crippen LogP contribution >= 0.6 is 0 Å². The van der Waals surface area contributed by atoms with Crippen molar-refractivity contribution in [2.45, 2.75) is 31.5 Å². The molecule has 2 fully saturated rings. The maximum Gasteiger partial charge on any atom is 0.255 e. The van der Waals surface area contributed by atoms with Crippen molar-refractivity contribution in [2.24, 2.45) is 0 Å². The summed E-state index contributed by atoms with van der Waals surface area (Å²) in [4.78, 5) is 38.9. The van der Waals surface area contributed by atoms with Gasteiger partial charge in [-0.2, -0.15) is 0 Å². The van der Waals surface area contributed by atoms with Crippen molar-refractivity contribution in [3.8, 4) is 0 Å². The first-order chi connectivity index (χ1) is 11.4. The first-order valence-electron chi connectivity index (χ1n) is 7.84. The van der Waals surface area contributed by atoms with Gasteiger partial charge in [0.25, 0.3) is 5.91 Å². The van der Waals surface area contributed by atoms with Gasteiger partial charge in [0.15, 0.2) is 0 Å². The number of amides is 3. The Hall–Kier alpha value is -2.48. The predicted octanol–water partition coefficient (Wildman–Crippen LogP) is -0.232. The van der Waals surface area contributed by atoms with E-state index in [1.807, 2.05) is 0 Å². The first kappa shape index (κ1) is 15.1. The van der Waals surface area contributed by atoms with E-state index in [1.165, 1.54) is 11.0 Å². The van der Waals surface area contributed by atoms with Gasteiger partial charge in [0.05, 0.1) is 11.8 Å². The number of hydrogen-bond acceptors (Lipinski definition) is 5. The molecule has 2 N–H and O–H groups in total. The molecule has 0 spiro atoms. The Morgan fingerprint density at radius 2 is 1.96 bits per heavy atom. The van der Waals surface area contributed by atoms with Gasteiger partial charge in [-0.05, 0) is 24.1 Å². The molecule has 1 unspecified atom stereocenters. The van der Waals surface area contributed by atoms with Crippen molar-refractivity contribution in [1.82, 2.24) is 10.2 Å². The molecule has 3 aliphatic heterocycles. The van der Waals surface area contributed by atoms with Crippen molar-refractivity contribution < 1.29 is 23.9 Å². The topological polar surface area (TPSA) is 90.0 Å². The summed E-state index contributed by atoms with van der Waals surface area (Å²) in [6, 6.07) is 2.10. The van der Waals surface area contributed by atoms with Gasteiger partial charge in [-0.3, -0.25) is 19.7 Å². The second kappa shape index (κ2) is 5.27. The van der Waals surface area contributed by atoms with Crippen LogP contribution in [0.25, 0.3) is 0 Å². The summed E-state index contributed by atoms with van der Waals surface area (Å²) in [5.41, 5.74) is 1.27. The molecule has 0 aliphatic carbocycles. The van der Waals surface area contributed by atoms with Crippen LogP contribution in [0.5, 0.6) is 0 Å². The van der Waals surface area contributed by atoms with Crippen LogP contribution in [0.15, 0.2) is 12.1 Å². The minimum Gasteiger partial charge on any atom is -0.389 e. The van der Waals surface area contributed by atoms with E-state index in [4.69, 9.17) is 0 Å². The summed E-state index contributed by atoms with van der Waals surface area (Å²) in [5.74, 6) is -1.74. The summed E-state index contributed by atoms with van der Waals surface area (Å²) >= 11 is 0. The zero-order valence-electron chi connectivity index (χ0n) is 12.8. The van der Waals surface area contributed by atoms with Crippen LogP contribution in [0.3, 0.4) is 0 Å². The molecule has 8 heteroatoms. The smallest absolute Gasteiger partial charge is 0.255 e. The number of anilines is 1. The van der Waals surface area contributed by atoms with E-state index in [-0.39, 0.29) is 30.9 Å². The molecule has 1 atom stereocenters. The van der Waals surface area contributed by atoms with Gasteiger partial charge < -0.3 is 14.9 Å². The monoisotopic (exact) mass is 333 g/mol. The number of halogens is 1. The highest BCUT2D eigenvalue weighted by atomic mass is 19.1. The molecule has 3 amide bonds. The van der Waals surface area contributed by atoms with Crippen LogP contribution in [-0.4, -0.2) is 53.0 Å². The van der Waals surface area contributed by atoms with Gasteiger partial charge in [0, 0.05) is 31.6 Å². The molecule has 1 aromatic carbocycles. The largest absolute Gasteiger partial charge is 0.389 e. The Balaban J connectivity index is 1.60. The number of carbonyl (C=O) groups is 3. The number of nitrogens with one attached hydrogen (secondary N) is 1. The third-order valence-corrected chi connectivity index (χ3v) is 4.79. The molecular formula is C16H16FN3O4. The minimum absolute atomic E-state index is 0.182. The third kappa shape index (κ3) is 2.25. The lowest BCUT2D eigenvalue weighted by molar-refractivity contribution is -0.136. The third-order valence-electron chi connectivity index (χ3n) is 4.79. The van der Waals surface area contributed by atoms with E-state index < -0.39 is 29.8 Å². The number of fused-ring (bicyclic) bond motifs is 1. The number of hydrogen-bond donors (Lipinski definition) is 2. The van der Waals surface area contributed by atoms with Gasteiger partial charge in [0.1, 0.15) is 11.9 Å². The number of aliphatic hydroxyl groups is 1. The SMILES string of the molecule is O=C1CCC(N2Cc3cc(N4CC(O)C4)c(F)cc3C2=O)C(=O)N1.